The molecule has 0 saturated heterocycles. The predicted molar refractivity (Wildman–Crippen MR) is 101 cm³/mol. The summed E-state index contributed by atoms with van der Waals surface area (Å²) in [6.07, 6.45) is 5.56. The molecule has 2 N–H and O–H groups in total. The maximum Gasteiger partial charge on any atom is 0.162 e. The lowest BCUT2D eigenvalue weighted by Crippen LogP contribution is -2.32. The Kier molecular flexibility index (Phi) is 6.74. The average molecular weight is 323 g/mol. The fourth-order valence-electron chi connectivity index (χ4n) is 2.73. The van der Waals surface area contributed by atoms with Gasteiger partial charge in [-0.3, -0.25) is 4.79 Å². The molecule has 0 aliphatic heterocycles. The molecule has 0 amide bonds. The zero-order valence-corrected chi connectivity index (χ0v) is 14.9. The molecule has 2 aromatic carbocycles. The van der Waals surface area contributed by atoms with Crippen molar-refractivity contribution in [2.75, 3.05) is 0 Å². The summed E-state index contributed by atoms with van der Waals surface area (Å²) < 4.78 is 0. The summed E-state index contributed by atoms with van der Waals surface area (Å²) >= 11 is 0. The lowest BCUT2D eigenvalue weighted by molar-refractivity contribution is 0.0979. The summed E-state index contributed by atoms with van der Waals surface area (Å²) in [5.41, 5.74) is 9.29. The standard InChI is InChI=1S/C22H29NO/c1-22(2,23)17-16-19-12-14-20(15-13-19)21(24)11-7-6-10-18-8-4-3-5-9-18/h3-5,8-9,12-15H,6-7,10-11,16-17,23H2,1-2H3. The number of unbranched alkanes of at least 4 members (excludes halogenated alkanes) is 1. The van der Waals surface area contributed by atoms with Gasteiger partial charge in [0, 0.05) is 17.5 Å². The molecule has 0 atom stereocenters. The third-order valence-electron chi connectivity index (χ3n) is 4.30. The number of Topliss-reactive ketones (excluding diaryl/α,β-unsaturated/α-hetero) is 1. The number of benzene rings is 2. The van der Waals surface area contributed by atoms with Gasteiger partial charge < -0.3 is 5.73 Å². The summed E-state index contributed by atoms with van der Waals surface area (Å²) in [5.74, 6) is 0.244. The first-order valence-corrected chi connectivity index (χ1v) is 8.89. The molecule has 128 valence electrons. The third kappa shape index (κ3) is 6.67. The van der Waals surface area contributed by atoms with Crippen molar-refractivity contribution in [3.63, 3.8) is 0 Å². The number of hydrogen-bond acceptors (Lipinski definition) is 2. The van der Waals surface area contributed by atoms with Gasteiger partial charge in [-0.05, 0) is 57.1 Å². The lowest BCUT2D eigenvalue weighted by Gasteiger charge is -2.18. The molecule has 2 heteroatoms. The van der Waals surface area contributed by atoms with Crippen LogP contribution in [0, 0.1) is 0 Å². The molecule has 0 fully saturated rings. The number of carbonyl (C=O) groups excluding carboxylic acids is 1. The van der Waals surface area contributed by atoms with Crippen LogP contribution in [0.4, 0.5) is 0 Å². The minimum atomic E-state index is -0.146. The zero-order valence-electron chi connectivity index (χ0n) is 14.9. The number of hydrogen-bond donors (Lipinski definition) is 1. The molecule has 2 aromatic rings. The summed E-state index contributed by atoms with van der Waals surface area (Å²) in [4.78, 5) is 12.3. The summed E-state index contributed by atoms with van der Waals surface area (Å²) in [6, 6.07) is 18.5. The SMILES string of the molecule is CC(C)(N)CCc1ccc(C(=O)CCCCc2ccccc2)cc1. The van der Waals surface area contributed by atoms with Crippen LogP contribution in [0.2, 0.25) is 0 Å². The monoisotopic (exact) mass is 323 g/mol. The van der Waals surface area contributed by atoms with E-state index < -0.39 is 0 Å². The number of nitrogens with two attached hydrogens (primary N) is 1. The van der Waals surface area contributed by atoms with Crippen molar-refractivity contribution in [3.05, 3.63) is 71.3 Å². The first-order valence-electron chi connectivity index (χ1n) is 8.89. The second-order valence-electron chi connectivity index (χ2n) is 7.30. The number of aryl methyl sites for hydroxylation is 2. The minimum Gasteiger partial charge on any atom is -0.326 e. The molecule has 24 heavy (non-hydrogen) atoms. The smallest absolute Gasteiger partial charge is 0.162 e. The Labute approximate surface area is 146 Å². The first kappa shape index (κ1) is 18.4. The van der Waals surface area contributed by atoms with E-state index in [0.29, 0.717) is 6.42 Å². The van der Waals surface area contributed by atoms with Crippen LogP contribution in [0.5, 0.6) is 0 Å². The Balaban J connectivity index is 1.74. The predicted octanol–water partition coefficient (Wildman–Crippen LogP) is 4.95. The van der Waals surface area contributed by atoms with Crippen molar-refractivity contribution in [3.8, 4) is 0 Å². The van der Waals surface area contributed by atoms with E-state index in [2.05, 4.69) is 36.4 Å². The second-order valence-corrected chi connectivity index (χ2v) is 7.30. The van der Waals surface area contributed by atoms with Crippen LogP contribution in [-0.2, 0) is 12.8 Å². The van der Waals surface area contributed by atoms with Gasteiger partial charge in [-0.2, -0.15) is 0 Å². The molecule has 0 aromatic heterocycles. The Morgan fingerprint density at radius 2 is 1.50 bits per heavy atom. The largest absolute Gasteiger partial charge is 0.326 e. The van der Waals surface area contributed by atoms with Crippen LogP contribution in [0.1, 0.15) is 61.0 Å². The van der Waals surface area contributed by atoms with E-state index in [1.54, 1.807) is 0 Å². The average Bonchev–Trinajstić information content (AvgIpc) is 2.57. The normalized spacial score (nSPS) is 11.5. The van der Waals surface area contributed by atoms with Crippen molar-refractivity contribution in [1.82, 2.24) is 0 Å². The Hall–Kier alpha value is -1.93. The Bertz CT molecular complexity index is 623. The number of ketones is 1. The fourth-order valence-corrected chi connectivity index (χ4v) is 2.73. The number of carbonyl (C=O) groups is 1. The molecule has 0 radical (unpaired) electrons. The van der Waals surface area contributed by atoms with Crippen LogP contribution in [0.25, 0.3) is 0 Å². The van der Waals surface area contributed by atoms with Crippen LogP contribution < -0.4 is 5.73 Å². The van der Waals surface area contributed by atoms with Crippen LogP contribution >= 0.6 is 0 Å². The maximum absolute atomic E-state index is 12.3. The van der Waals surface area contributed by atoms with E-state index in [0.717, 1.165) is 37.7 Å². The highest BCUT2D eigenvalue weighted by Gasteiger charge is 2.11. The van der Waals surface area contributed by atoms with E-state index in [1.807, 2.05) is 32.0 Å². The molecular weight excluding hydrogens is 294 g/mol. The molecule has 0 heterocycles. The highest BCUT2D eigenvalue weighted by Crippen LogP contribution is 2.14. The highest BCUT2D eigenvalue weighted by molar-refractivity contribution is 5.96. The minimum absolute atomic E-state index is 0.146. The van der Waals surface area contributed by atoms with Crippen LogP contribution in [-0.4, -0.2) is 11.3 Å². The van der Waals surface area contributed by atoms with E-state index in [9.17, 15) is 4.79 Å². The van der Waals surface area contributed by atoms with Gasteiger partial charge in [0.25, 0.3) is 0 Å². The highest BCUT2D eigenvalue weighted by atomic mass is 16.1. The van der Waals surface area contributed by atoms with Crippen LogP contribution in [0.3, 0.4) is 0 Å². The van der Waals surface area contributed by atoms with Gasteiger partial charge in [0.2, 0.25) is 0 Å². The summed E-state index contributed by atoms with van der Waals surface area (Å²) in [6.45, 7) is 4.08. The quantitative estimate of drug-likeness (QED) is 0.524. The Morgan fingerprint density at radius 1 is 0.875 bits per heavy atom. The lowest BCUT2D eigenvalue weighted by atomic mass is 9.95. The maximum atomic E-state index is 12.3. The van der Waals surface area contributed by atoms with Crippen LogP contribution in [0.15, 0.2) is 54.6 Å². The molecule has 0 bridgehead atoms. The summed E-state index contributed by atoms with van der Waals surface area (Å²) in [7, 11) is 0. The van der Waals surface area contributed by atoms with Crippen molar-refractivity contribution in [2.45, 2.75) is 57.9 Å². The van der Waals surface area contributed by atoms with Gasteiger partial charge in [0.15, 0.2) is 5.78 Å². The molecule has 0 spiro atoms. The summed E-state index contributed by atoms with van der Waals surface area (Å²) in [5, 5.41) is 0. The van der Waals surface area contributed by atoms with Gasteiger partial charge in [0.1, 0.15) is 0 Å². The molecular formula is C22H29NO. The van der Waals surface area contributed by atoms with E-state index in [-0.39, 0.29) is 11.3 Å². The molecule has 0 aliphatic rings. The first-order chi connectivity index (χ1) is 11.4. The van der Waals surface area contributed by atoms with E-state index in [1.165, 1.54) is 11.1 Å². The number of rotatable bonds is 9. The van der Waals surface area contributed by atoms with Crippen molar-refractivity contribution in [1.29, 1.82) is 0 Å². The molecule has 2 rings (SSSR count). The van der Waals surface area contributed by atoms with Gasteiger partial charge in [0.05, 0.1) is 0 Å². The molecule has 0 aliphatic carbocycles. The van der Waals surface area contributed by atoms with Crippen molar-refractivity contribution < 1.29 is 4.79 Å². The third-order valence-corrected chi connectivity index (χ3v) is 4.30. The Morgan fingerprint density at radius 3 is 2.12 bits per heavy atom. The van der Waals surface area contributed by atoms with Gasteiger partial charge in [-0.1, -0.05) is 54.6 Å². The van der Waals surface area contributed by atoms with Gasteiger partial charge in [-0.25, -0.2) is 0 Å². The fraction of sp³-hybridized carbons (Fsp3) is 0.409. The molecule has 0 saturated carbocycles. The van der Waals surface area contributed by atoms with Gasteiger partial charge >= 0.3 is 0 Å². The second kappa shape index (κ2) is 8.79. The zero-order chi connectivity index (χ0) is 17.4. The van der Waals surface area contributed by atoms with E-state index in [4.69, 9.17) is 5.73 Å². The van der Waals surface area contributed by atoms with Crippen molar-refractivity contribution in [2.24, 2.45) is 5.73 Å². The van der Waals surface area contributed by atoms with E-state index >= 15 is 0 Å². The molecule has 0 unspecified atom stereocenters. The topological polar surface area (TPSA) is 43.1 Å². The van der Waals surface area contributed by atoms with Crippen molar-refractivity contribution >= 4 is 5.78 Å². The van der Waals surface area contributed by atoms with Gasteiger partial charge in [-0.15, -0.1) is 0 Å². The molecule has 2 nitrogen and oxygen atoms in total.